The van der Waals surface area contributed by atoms with Gasteiger partial charge in [-0.2, -0.15) is 0 Å². The van der Waals surface area contributed by atoms with E-state index in [1.807, 2.05) is 30.3 Å². The van der Waals surface area contributed by atoms with E-state index in [-0.39, 0.29) is 12.6 Å². The zero-order valence-corrected chi connectivity index (χ0v) is 10.4. The first kappa shape index (κ1) is 13.2. The molecule has 0 saturated carbocycles. The van der Waals surface area contributed by atoms with E-state index in [2.05, 4.69) is 4.72 Å². The Morgan fingerprint density at radius 1 is 1.25 bits per heavy atom. The molecule has 0 amide bonds. The molecule has 0 aromatic heterocycles. The van der Waals surface area contributed by atoms with Gasteiger partial charge >= 0.3 is 0 Å². The van der Waals surface area contributed by atoms with Crippen LogP contribution in [-0.2, 0) is 10.0 Å². The summed E-state index contributed by atoms with van der Waals surface area (Å²) in [5.74, 6) is 0. The van der Waals surface area contributed by atoms with E-state index in [0.717, 1.165) is 5.56 Å². The molecule has 4 nitrogen and oxygen atoms in total. The van der Waals surface area contributed by atoms with Gasteiger partial charge in [-0.05, 0) is 19.4 Å². The third kappa shape index (κ3) is 3.30. The molecule has 0 heterocycles. The van der Waals surface area contributed by atoms with Crippen LogP contribution >= 0.6 is 0 Å². The molecule has 0 aliphatic rings. The monoisotopic (exact) mass is 242 g/mol. The number of nitrogens with one attached hydrogen (secondary N) is 1. The predicted molar refractivity (Wildman–Crippen MR) is 65.4 cm³/mol. The summed E-state index contributed by atoms with van der Waals surface area (Å²) in [6.45, 7) is 3.53. The minimum atomic E-state index is -3.29. The second kappa shape index (κ2) is 5.43. The molecule has 1 aromatic rings. The van der Waals surface area contributed by atoms with Gasteiger partial charge in [-0.1, -0.05) is 30.3 Å². The van der Waals surface area contributed by atoms with Crippen LogP contribution in [0, 0.1) is 0 Å². The number of sulfonamides is 1. The van der Waals surface area contributed by atoms with Crippen LogP contribution in [0.25, 0.3) is 0 Å². The molecule has 16 heavy (non-hydrogen) atoms. The zero-order chi connectivity index (χ0) is 12.2. The Morgan fingerprint density at radius 3 is 2.25 bits per heavy atom. The number of benzene rings is 1. The van der Waals surface area contributed by atoms with Gasteiger partial charge in [0, 0.05) is 6.54 Å². The Kier molecular flexibility index (Phi) is 4.46. The zero-order valence-electron chi connectivity index (χ0n) is 9.55. The minimum Gasteiger partial charge on any atom is -0.329 e. The first-order valence-electron chi connectivity index (χ1n) is 5.23. The Labute approximate surface area is 96.9 Å². The smallest absolute Gasteiger partial charge is 0.214 e. The fourth-order valence-corrected chi connectivity index (χ4v) is 2.17. The molecule has 0 aliphatic heterocycles. The van der Waals surface area contributed by atoms with Crippen molar-refractivity contribution in [3.8, 4) is 0 Å². The number of nitrogens with two attached hydrogens (primary N) is 1. The van der Waals surface area contributed by atoms with Crippen LogP contribution in [0.15, 0.2) is 30.3 Å². The molecule has 1 rings (SSSR count). The van der Waals surface area contributed by atoms with Crippen molar-refractivity contribution in [1.82, 2.24) is 4.72 Å². The van der Waals surface area contributed by atoms with Crippen molar-refractivity contribution in [2.75, 3.05) is 6.54 Å². The molecule has 5 heteroatoms. The van der Waals surface area contributed by atoms with Crippen molar-refractivity contribution < 1.29 is 8.42 Å². The first-order valence-corrected chi connectivity index (χ1v) is 6.78. The maximum Gasteiger partial charge on any atom is 0.214 e. The second-order valence-electron chi connectivity index (χ2n) is 3.91. The van der Waals surface area contributed by atoms with Gasteiger partial charge in [0.2, 0.25) is 10.0 Å². The van der Waals surface area contributed by atoms with E-state index in [4.69, 9.17) is 5.73 Å². The van der Waals surface area contributed by atoms with Gasteiger partial charge in [0.25, 0.3) is 0 Å². The molecule has 0 saturated heterocycles. The van der Waals surface area contributed by atoms with E-state index in [1.165, 1.54) is 0 Å². The molecule has 0 fully saturated rings. The van der Waals surface area contributed by atoms with E-state index in [1.54, 1.807) is 13.8 Å². The molecule has 0 bridgehead atoms. The number of hydrogen-bond donors (Lipinski definition) is 2. The molecule has 1 aromatic carbocycles. The highest BCUT2D eigenvalue weighted by molar-refractivity contribution is 7.90. The summed E-state index contributed by atoms with van der Waals surface area (Å²) < 4.78 is 26.0. The highest BCUT2D eigenvalue weighted by Gasteiger charge is 2.21. The molecule has 90 valence electrons. The van der Waals surface area contributed by atoms with Crippen molar-refractivity contribution in [2.45, 2.75) is 25.1 Å². The third-order valence-electron chi connectivity index (χ3n) is 2.36. The van der Waals surface area contributed by atoms with Crippen LogP contribution in [0.3, 0.4) is 0 Å². The Hall–Kier alpha value is -0.910. The number of rotatable bonds is 5. The molecule has 0 aliphatic carbocycles. The van der Waals surface area contributed by atoms with Gasteiger partial charge in [-0.25, -0.2) is 13.1 Å². The second-order valence-corrected chi connectivity index (χ2v) is 6.18. The van der Waals surface area contributed by atoms with Gasteiger partial charge in [-0.3, -0.25) is 0 Å². The SMILES string of the molecule is CC(C)S(=O)(=O)NC(CN)c1ccccc1. The summed E-state index contributed by atoms with van der Waals surface area (Å²) in [6, 6.07) is 8.98. The van der Waals surface area contributed by atoms with Crippen molar-refractivity contribution in [2.24, 2.45) is 5.73 Å². The molecule has 1 atom stereocenters. The molecule has 1 unspecified atom stereocenters. The summed E-state index contributed by atoms with van der Waals surface area (Å²) >= 11 is 0. The van der Waals surface area contributed by atoms with E-state index >= 15 is 0 Å². The molecule has 3 N–H and O–H groups in total. The lowest BCUT2D eigenvalue weighted by Crippen LogP contribution is -2.37. The average molecular weight is 242 g/mol. The number of hydrogen-bond acceptors (Lipinski definition) is 3. The van der Waals surface area contributed by atoms with Crippen molar-refractivity contribution in [3.05, 3.63) is 35.9 Å². The summed E-state index contributed by atoms with van der Waals surface area (Å²) in [7, 11) is -3.29. The lowest BCUT2D eigenvalue weighted by atomic mass is 10.1. The normalized spacial score (nSPS) is 14.0. The highest BCUT2D eigenvalue weighted by atomic mass is 32.2. The fourth-order valence-electron chi connectivity index (χ4n) is 1.27. The van der Waals surface area contributed by atoms with Crippen LogP contribution in [0.2, 0.25) is 0 Å². The lowest BCUT2D eigenvalue weighted by Gasteiger charge is -2.18. The van der Waals surface area contributed by atoms with Gasteiger partial charge in [0.15, 0.2) is 0 Å². The summed E-state index contributed by atoms with van der Waals surface area (Å²) in [5.41, 5.74) is 6.47. The van der Waals surface area contributed by atoms with Crippen molar-refractivity contribution >= 4 is 10.0 Å². The average Bonchev–Trinajstić information content (AvgIpc) is 2.27. The van der Waals surface area contributed by atoms with Crippen LogP contribution in [0.1, 0.15) is 25.5 Å². The standard InChI is InChI=1S/C11H18N2O2S/c1-9(2)16(14,15)13-11(8-12)10-6-4-3-5-7-10/h3-7,9,11,13H,8,12H2,1-2H3. The minimum absolute atomic E-state index is 0.246. The van der Waals surface area contributed by atoms with E-state index < -0.39 is 15.3 Å². The third-order valence-corrected chi connectivity index (χ3v) is 4.22. The van der Waals surface area contributed by atoms with Crippen molar-refractivity contribution in [1.29, 1.82) is 0 Å². The lowest BCUT2D eigenvalue weighted by molar-refractivity contribution is 0.550. The topological polar surface area (TPSA) is 72.2 Å². The van der Waals surface area contributed by atoms with E-state index in [9.17, 15) is 8.42 Å². The summed E-state index contributed by atoms with van der Waals surface area (Å²) in [5, 5.41) is -0.453. The van der Waals surface area contributed by atoms with Gasteiger partial charge in [0.05, 0.1) is 11.3 Å². The molecule has 0 radical (unpaired) electrons. The summed E-state index contributed by atoms with van der Waals surface area (Å²) in [6.07, 6.45) is 0. The molecule has 0 spiro atoms. The first-order chi connectivity index (χ1) is 7.47. The van der Waals surface area contributed by atoms with Crippen LogP contribution in [-0.4, -0.2) is 20.2 Å². The Bertz CT molecular complexity index is 415. The molecular weight excluding hydrogens is 224 g/mol. The van der Waals surface area contributed by atoms with Gasteiger partial charge in [-0.15, -0.1) is 0 Å². The van der Waals surface area contributed by atoms with E-state index in [0.29, 0.717) is 0 Å². The largest absolute Gasteiger partial charge is 0.329 e. The van der Waals surface area contributed by atoms with Gasteiger partial charge in [0.1, 0.15) is 0 Å². The van der Waals surface area contributed by atoms with Gasteiger partial charge < -0.3 is 5.73 Å². The maximum atomic E-state index is 11.7. The van der Waals surface area contributed by atoms with Crippen LogP contribution in [0.4, 0.5) is 0 Å². The van der Waals surface area contributed by atoms with Crippen LogP contribution in [0.5, 0.6) is 0 Å². The summed E-state index contributed by atoms with van der Waals surface area (Å²) in [4.78, 5) is 0. The Morgan fingerprint density at radius 2 is 1.81 bits per heavy atom. The highest BCUT2D eigenvalue weighted by Crippen LogP contribution is 2.13. The van der Waals surface area contributed by atoms with Crippen molar-refractivity contribution in [3.63, 3.8) is 0 Å². The Balaban J connectivity index is 2.86. The predicted octanol–water partition coefficient (Wildman–Crippen LogP) is 1.01. The molecular formula is C11H18N2O2S. The maximum absolute atomic E-state index is 11.7. The van der Waals surface area contributed by atoms with Crippen LogP contribution < -0.4 is 10.5 Å². The quantitative estimate of drug-likeness (QED) is 0.809. The fraction of sp³-hybridized carbons (Fsp3) is 0.455.